The summed E-state index contributed by atoms with van der Waals surface area (Å²) in [6.45, 7) is -0.604. The first-order chi connectivity index (χ1) is 25.0. The van der Waals surface area contributed by atoms with Gasteiger partial charge in [-0.15, -0.1) is 0 Å². The maximum absolute atomic E-state index is 10.5. The molecule has 4 heterocycles. The first-order valence-electron chi connectivity index (χ1n) is 16.7. The van der Waals surface area contributed by atoms with Gasteiger partial charge in [-0.05, 0) is 35.4 Å². The van der Waals surface area contributed by atoms with Crippen LogP contribution in [0.25, 0.3) is 0 Å². The molecule has 0 saturated carbocycles. The van der Waals surface area contributed by atoms with Crippen LogP contribution in [0, 0.1) is 11.8 Å². The van der Waals surface area contributed by atoms with Gasteiger partial charge in [-0.2, -0.15) is 0 Å². The van der Waals surface area contributed by atoms with Crippen LogP contribution in [0.3, 0.4) is 0 Å². The van der Waals surface area contributed by atoms with Gasteiger partial charge in [-0.1, -0.05) is 0 Å². The van der Waals surface area contributed by atoms with Gasteiger partial charge < -0.3 is 88.2 Å². The molecule has 0 unspecified atom stereocenters. The molecule has 0 amide bonds. The van der Waals surface area contributed by atoms with Gasteiger partial charge in [0.25, 0.3) is 0 Å². The molecule has 0 radical (unpaired) electrons. The number of methoxy groups -OCH3 is 4. The Morgan fingerprint density at radius 1 is 0.519 bits per heavy atom. The van der Waals surface area contributed by atoms with Gasteiger partial charge in [0.1, 0.15) is 48.8 Å². The SMILES string of the molecule is COc1cc([C@@H]2OC[C@@H]3[C@H]2CO[C@H]3c2cc(OC)c(O[C@@H]3O[C@H](CO)[C@@H](O)[C@H](O)[C@H]3O)c(OC)c2)cc(OC)c1O[C@H]1O[C@@H](CO)[C@@H](O)[C@H](O)[C@@H]1O. The summed E-state index contributed by atoms with van der Waals surface area (Å²) in [5, 5.41) is 81.0. The molecule has 4 aliphatic rings. The Hall–Kier alpha value is -3.24. The van der Waals surface area contributed by atoms with Crippen molar-refractivity contribution in [3.05, 3.63) is 35.4 Å². The second-order valence-corrected chi connectivity index (χ2v) is 13.0. The Morgan fingerprint density at radius 3 is 1.13 bits per heavy atom. The van der Waals surface area contributed by atoms with E-state index in [-0.39, 0.29) is 46.3 Å². The molecule has 8 N–H and O–H groups in total. The summed E-state index contributed by atoms with van der Waals surface area (Å²) in [6.07, 6.45) is -15.9. The van der Waals surface area contributed by atoms with Crippen molar-refractivity contribution in [2.24, 2.45) is 11.8 Å². The lowest BCUT2D eigenvalue weighted by molar-refractivity contribution is -0.277. The normalized spacial score (nSPS) is 37.3. The molecule has 4 fully saturated rings. The highest BCUT2D eigenvalue weighted by Crippen LogP contribution is 2.54. The van der Waals surface area contributed by atoms with Crippen LogP contribution in [-0.2, 0) is 18.9 Å². The summed E-state index contributed by atoms with van der Waals surface area (Å²) >= 11 is 0. The van der Waals surface area contributed by atoms with E-state index in [9.17, 15) is 40.9 Å². The van der Waals surface area contributed by atoms with E-state index in [4.69, 9.17) is 47.4 Å². The van der Waals surface area contributed by atoms with Crippen molar-refractivity contribution in [2.75, 3.05) is 54.9 Å². The summed E-state index contributed by atoms with van der Waals surface area (Å²) in [6, 6.07) is 6.78. The van der Waals surface area contributed by atoms with Crippen LogP contribution in [0.4, 0.5) is 0 Å². The molecular weight excluding hydrogens is 696 g/mol. The van der Waals surface area contributed by atoms with E-state index in [0.717, 1.165) is 0 Å². The van der Waals surface area contributed by atoms with Crippen molar-refractivity contribution in [2.45, 2.75) is 73.6 Å². The molecule has 0 spiro atoms. The predicted molar refractivity (Wildman–Crippen MR) is 172 cm³/mol. The van der Waals surface area contributed by atoms with Gasteiger partial charge in [0, 0.05) is 11.8 Å². The highest BCUT2D eigenvalue weighted by molar-refractivity contribution is 5.56. The summed E-state index contributed by atoms with van der Waals surface area (Å²) in [5.74, 6) is 0.683. The number of fused-ring (bicyclic) bond motifs is 1. The number of hydrogen-bond donors (Lipinski definition) is 8. The summed E-state index contributed by atoms with van der Waals surface area (Å²) in [7, 11) is 5.66. The molecule has 0 bridgehead atoms. The lowest BCUT2D eigenvalue weighted by Gasteiger charge is -2.39. The van der Waals surface area contributed by atoms with E-state index < -0.39 is 86.8 Å². The fraction of sp³-hybridized carbons (Fsp3) is 0.647. The monoisotopic (exact) mass is 742 g/mol. The fourth-order valence-electron chi connectivity index (χ4n) is 7.16. The fourth-order valence-corrected chi connectivity index (χ4v) is 7.16. The Kier molecular flexibility index (Phi) is 11.8. The average Bonchev–Trinajstić information content (AvgIpc) is 3.78. The Morgan fingerprint density at radius 2 is 0.846 bits per heavy atom. The maximum atomic E-state index is 10.5. The molecule has 14 atom stereocenters. The zero-order valence-electron chi connectivity index (χ0n) is 28.9. The second kappa shape index (κ2) is 16.0. The average molecular weight is 743 g/mol. The zero-order valence-corrected chi connectivity index (χ0v) is 28.9. The third-order valence-electron chi connectivity index (χ3n) is 10.1. The van der Waals surface area contributed by atoms with Crippen LogP contribution < -0.4 is 28.4 Å². The van der Waals surface area contributed by atoms with Gasteiger partial charge in [-0.25, -0.2) is 0 Å². The highest BCUT2D eigenvalue weighted by Gasteiger charge is 2.50. The molecule has 0 aliphatic carbocycles. The van der Waals surface area contributed by atoms with Crippen molar-refractivity contribution in [1.29, 1.82) is 0 Å². The van der Waals surface area contributed by atoms with Crippen molar-refractivity contribution in [1.82, 2.24) is 0 Å². The topological polar surface area (TPSA) is 254 Å². The lowest BCUT2D eigenvalue weighted by Crippen LogP contribution is -2.60. The first kappa shape index (κ1) is 38.5. The quantitative estimate of drug-likeness (QED) is 0.119. The van der Waals surface area contributed by atoms with Gasteiger partial charge in [-0.3, -0.25) is 0 Å². The van der Waals surface area contributed by atoms with Crippen LogP contribution in [0.15, 0.2) is 24.3 Å². The lowest BCUT2D eigenvalue weighted by atomic mass is 9.84. The molecule has 0 aromatic heterocycles. The van der Waals surface area contributed by atoms with E-state index >= 15 is 0 Å². The van der Waals surface area contributed by atoms with Crippen molar-refractivity contribution in [3.63, 3.8) is 0 Å². The molecule has 2 aromatic rings. The van der Waals surface area contributed by atoms with Crippen LogP contribution in [0.1, 0.15) is 23.3 Å². The number of ether oxygens (including phenoxy) is 10. The first-order valence-corrected chi connectivity index (χ1v) is 16.7. The minimum absolute atomic E-state index is 0.0541. The van der Waals surface area contributed by atoms with Crippen LogP contribution in [-0.4, -0.2) is 157 Å². The van der Waals surface area contributed by atoms with Crippen LogP contribution in [0.2, 0.25) is 0 Å². The predicted octanol–water partition coefficient (Wildman–Crippen LogP) is -1.85. The van der Waals surface area contributed by atoms with Crippen molar-refractivity contribution >= 4 is 0 Å². The Bertz CT molecular complexity index is 1360. The van der Waals surface area contributed by atoms with Gasteiger partial charge in [0.2, 0.25) is 24.1 Å². The minimum atomic E-state index is -1.65. The number of aliphatic hydroxyl groups excluding tert-OH is 8. The van der Waals surface area contributed by atoms with Crippen LogP contribution in [0.5, 0.6) is 34.5 Å². The van der Waals surface area contributed by atoms with E-state index in [0.29, 0.717) is 24.3 Å². The van der Waals surface area contributed by atoms with E-state index in [1.54, 1.807) is 24.3 Å². The molecule has 2 aromatic carbocycles. The number of benzene rings is 2. The van der Waals surface area contributed by atoms with Crippen molar-refractivity contribution < 1.29 is 88.2 Å². The van der Waals surface area contributed by atoms with Gasteiger partial charge >= 0.3 is 0 Å². The molecule has 18 nitrogen and oxygen atoms in total. The Labute approximate surface area is 298 Å². The van der Waals surface area contributed by atoms with Gasteiger partial charge in [0.05, 0.1) is 67.1 Å². The molecule has 4 aliphatic heterocycles. The van der Waals surface area contributed by atoms with Crippen molar-refractivity contribution in [3.8, 4) is 34.5 Å². The summed E-state index contributed by atoms with van der Waals surface area (Å²) in [5.41, 5.74) is 1.37. The van der Waals surface area contributed by atoms with Crippen LogP contribution >= 0.6 is 0 Å². The third-order valence-corrected chi connectivity index (χ3v) is 10.1. The summed E-state index contributed by atoms with van der Waals surface area (Å²) in [4.78, 5) is 0. The second-order valence-electron chi connectivity index (χ2n) is 13.0. The summed E-state index contributed by atoms with van der Waals surface area (Å²) < 4.78 is 58.0. The minimum Gasteiger partial charge on any atom is -0.493 e. The molecule has 18 heteroatoms. The van der Waals surface area contributed by atoms with E-state index in [1.807, 2.05) is 0 Å². The largest absolute Gasteiger partial charge is 0.493 e. The van der Waals surface area contributed by atoms with E-state index in [1.165, 1.54) is 28.4 Å². The standard InChI is InChI=1S/C34H46O18/c1-43-17-5-13(6-18(44-2)31(17)51-33-27(41)25(39)23(37)21(9-35)49-33)29-15-11-48-30(16(15)12-47-29)14-7-19(45-3)32(20(8-14)46-4)52-34-28(42)26(40)24(38)22(10-36)50-34/h5-8,15-16,21-30,33-42H,9-12H2,1-4H3/t15-,16-,21-,22+,23-,24-,25+,26+,27-,28+,29+,30+,33+,34-/m1/s1. The molecule has 6 rings (SSSR count). The molecular formula is C34H46O18. The number of rotatable bonds is 12. The molecule has 290 valence electrons. The number of hydrogen-bond acceptors (Lipinski definition) is 18. The van der Waals surface area contributed by atoms with E-state index in [2.05, 4.69) is 0 Å². The number of aliphatic hydroxyl groups is 8. The smallest absolute Gasteiger partial charge is 0.229 e. The molecule has 52 heavy (non-hydrogen) atoms. The Balaban J connectivity index is 1.22. The maximum Gasteiger partial charge on any atom is 0.229 e. The molecule has 4 saturated heterocycles. The third kappa shape index (κ3) is 6.94. The van der Waals surface area contributed by atoms with Gasteiger partial charge in [0.15, 0.2) is 23.0 Å². The zero-order chi connectivity index (χ0) is 37.4. The highest BCUT2D eigenvalue weighted by atomic mass is 16.7.